The highest BCUT2D eigenvalue weighted by molar-refractivity contribution is 5.84. The lowest BCUT2D eigenvalue weighted by Crippen LogP contribution is -2.24. The molecule has 0 spiro atoms. The van der Waals surface area contributed by atoms with Gasteiger partial charge in [-0.3, -0.25) is 9.79 Å². The molecule has 0 aliphatic rings. The van der Waals surface area contributed by atoms with Gasteiger partial charge in [0, 0.05) is 20.3 Å². The van der Waals surface area contributed by atoms with Gasteiger partial charge in [0.1, 0.15) is 6.54 Å². The van der Waals surface area contributed by atoms with Crippen molar-refractivity contribution in [2.45, 2.75) is 6.18 Å². The minimum atomic E-state index is -4.34. The molecule has 0 N–H and O–H groups in total. The lowest BCUT2D eigenvalue weighted by Gasteiger charge is -2.07. The van der Waals surface area contributed by atoms with Gasteiger partial charge in [-0.2, -0.15) is 13.2 Å². The molecule has 0 aromatic heterocycles. The van der Waals surface area contributed by atoms with E-state index in [-0.39, 0.29) is 12.5 Å². The maximum atomic E-state index is 12.3. The van der Waals surface area contributed by atoms with E-state index in [0.29, 0.717) is 5.56 Å². The van der Waals surface area contributed by atoms with Crippen molar-refractivity contribution < 1.29 is 18.0 Å². The Kier molecular flexibility index (Phi) is 4.47. The second-order valence-corrected chi connectivity index (χ2v) is 3.88. The van der Waals surface area contributed by atoms with Crippen LogP contribution >= 0.6 is 0 Å². The number of likely N-dealkylation sites (N-methyl/N-ethyl adjacent to an activating group) is 1. The third-order valence-electron chi connectivity index (χ3n) is 2.20. The number of rotatable bonds is 3. The van der Waals surface area contributed by atoms with E-state index in [0.717, 1.165) is 12.1 Å². The van der Waals surface area contributed by atoms with Gasteiger partial charge in [0.05, 0.1) is 5.56 Å². The third kappa shape index (κ3) is 4.20. The van der Waals surface area contributed by atoms with Gasteiger partial charge in [0.25, 0.3) is 0 Å². The average molecular weight is 258 g/mol. The van der Waals surface area contributed by atoms with E-state index in [1.54, 1.807) is 14.1 Å². The van der Waals surface area contributed by atoms with Crippen LogP contribution in [-0.2, 0) is 11.0 Å². The molecule has 0 atom stereocenters. The van der Waals surface area contributed by atoms with Crippen LogP contribution in [0.1, 0.15) is 11.1 Å². The smallest absolute Gasteiger partial charge is 0.347 e. The zero-order valence-electron chi connectivity index (χ0n) is 10.0. The van der Waals surface area contributed by atoms with Crippen molar-refractivity contribution >= 4 is 12.1 Å². The van der Waals surface area contributed by atoms with Crippen LogP contribution in [0.25, 0.3) is 0 Å². The van der Waals surface area contributed by atoms with Crippen LogP contribution in [0.2, 0.25) is 0 Å². The van der Waals surface area contributed by atoms with E-state index in [1.165, 1.54) is 23.2 Å². The Morgan fingerprint density at radius 3 is 2.28 bits per heavy atom. The predicted octanol–water partition coefficient (Wildman–Crippen LogP) is 2.21. The van der Waals surface area contributed by atoms with Gasteiger partial charge in [-0.25, -0.2) is 0 Å². The summed E-state index contributed by atoms with van der Waals surface area (Å²) in [6, 6.07) is 4.59. The average Bonchev–Trinajstić information content (AvgIpc) is 2.28. The lowest BCUT2D eigenvalue weighted by molar-refractivity contribution is -0.137. The summed E-state index contributed by atoms with van der Waals surface area (Å²) in [6.07, 6.45) is -2.96. The molecule has 0 aliphatic heterocycles. The largest absolute Gasteiger partial charge is 0.416 e. The van der Waals surface area contributed by atoms with Crippen molar-refractivity contribution in [3.8, 4) is 0 Å². The summed E-state index contributed by atoms with van der Waals surface area (Å²) in [7, 11) is 3.21. The molecule has 1 rings (SSSR count). The molecule has 0 bridgehead atoms. The Labute approximate surface area is 103 Å². The summed E-state index contributed by atoms with van der Waals surface area (Å²) < 4.78 is 36.8. The first-order chi connectivity index (χ1) is 8.30. The van der Waals surface area contributed by atoms with E-state index < -0.39 is 11.7 Å². The number of amides is 1. The molecule has 0 radical (unpaired) electrons. The number of carbonyl (C=O) groups is 1. The van der Waals surface area contributed by atoms with Crippen LogP contribution in [-0.4, -0.2) is 37.7 Å². The maximum absolute atomic E-state index is 12.3. The fourth-order valence-corrected chi connectivity index (χ4v) is 1.13. The SMILES string of the molecule is CN(C)C(=O)CN=Cc1ccc(C(F)(F)F)cc1. The summed E-state index contributed by atoms with van der Waals surface area (Å²) in [4.78, 5) is 16.4. The van der Waals surface area contributed by atoms with Crippen LogP contribution in [0.3, 0.4) is 0 Å². The molecule has 1 aromatic carbocycles. The van der Waals surface area contributed by atoms with Crippen molar-refractivity contribution in [2.75, 3.05) is 20.6 Å². The normalized spacial score (nSPS) is 11.8. The number of carbonyl (C=O) groups excluding carboxylic acids is 1. The van der Waals surface area contributed by atoms with E-state index in [1.807, 2.05) is 0 Å². The second kappa shape index (κ2) is 5.66. The van der Waals surface area contributed by atoms with Crippen LogP contribution in [0, 0.1) is 0 Å². The molecular weight excluding hydrogens is 245 g/mol. The first-order valence-electron chi connectivity index (χ1n) is 5.18. The lowest BCUT2D eigenvalue weighted by atomic mass is 10.1. The number of benzene rings is 1. The van der Waals surface area contributed by atoms with Crippen molar-refractivity contribution in [3.63, 3.8) is 0 Å². The van der Waals surface area contributed by atoms with Gasteiger partial charge in [-0.1, -0.05) is 12.1 Å². The van der Waals surface area contributed by atoms with Gasteiger partial charge >= 0.3 is 6.18 Å². The van der Waals surface area contributed by atoms with Crippen LogP contribution in [0.5, 0.6) is 0 Å². The van der Waals surface area contributed by atoms with Crippen molar-refractivity contribution in [3.05, 3.63) is 35.4 Å². The highest BCUT2D eigenvalue weighted by atomic mass is 19.4. The van der Waals surface area contributed by atoms with Gasteiger partial charge in [-0.05, 0) is 17.7 Å². The van der Waals surface area contributed by atoms with E-state index in [4.69, 9.17) is 0 Å². The molecule has 0 fully saturated rings. The zero-order valence-corrected chi connectivity index (χ0v) is 10.0. The van der Waals surface area contributed by atoms with Crippen LogP contribution in [0.4, 0.5) is 13.2 Å². The number of hydrogen-bond donors (Lipinski definition) is 0. The van der Waals surface area contributed by atoms with Gasteiger partial charge in [0.2, 0.25) is 5.91 Å². The first kappa shape index (κ1) is 14.2. The number of hydrogen-bond acceptors (Lipinski definition) is 2. The number of halogens is 3. The number of alkyl halides is 3. The number of aliphatic imine (C=N–C) groups is 1. The van der Waals surface area contributed by atoms with Crippen molar-refractivity contribution in [1.29, 1.82) is 0 Å². The molecule has 0 saturated heterocycles. The van der Waals surface area contributed by atoms with Crippen LogP contribution < -0.4 is 0 Å². The molecule has 0 saturated carbocycles. The second-order valence-electron chi connectivity index (χ2n) is 3.88. The first-order valence-corrected chi connectivity index (χ1v) is 5.18. The fourth-order valence-electron chi connectivity index (χ4n) is 1.13. The molecule has 0 aliphatic carbocycles. The molecule has 3 nitrogen and oxygen atoms in total. The summed E-state index contributed by atoms with van der Waals surface area (Å²) in [6.45, 7) is -0.0198. The molecule has 1 amide bonds. The van der Waals surface area contributed by atoms with E-state index in [9.17, 15) is 18.0 Å². The fraction of sp³-hybridized carbons (Fsp3) is 0.333. The summed E-state index contributed by atoms with van der Waals surface area (Å²) in [5, 5.41) is 0. The van der Waals surface area contributed by atoms with Gasteiger partial charge < -0.3 is 4.90 Å². The summed E-state index contributed by atoms with van der Waals surface area (Å²) in [5.41, 5.74) is -0.182. The number of nitrogens with zero attached hydrogens (tertiary/aromatic N) is 2. The quantitative estimate of drug-likeness (QED) is 0.765. The molecule has 0 heterocycles. The van der Waals surface area contributed by atoms with E-state index in [2.05, 4.69) is 4.99 Å². The molecule has 6 heteroatoms. The minimum Gasteiger partial charge on any atom is -0.347 e. The molecular formula is C12H13F3N2O. The maximum Gasteiger partial charge on any atom is 0.416 e. The third-order valence-corrected chi connectivity index (χ3v) is 2.20. The standard InChI is InChI=1S/C12H13F3N2O/c1-17(2)11(18)8-16-7-9-3-5-10(6-4-9)12(13,14)15/h3-7H,8H2,1-2H3. The predicted molar refractivity (Wildman–Crippen MR) is 62.6 cm³/mol. The van der Waals surface area contributed by atoms with Crippen molar-refractivity contribution in [1.82, 2.24) is 4.90 Å². The Hall–Kier alpha value is -1.85. The topological polar surface area (TPSA) is 32.7 Å². The molecule has 1 aromatic rings. The zero-order chi connectivity index (χ0) is 13.8. The highest BCUT2D eigenvalue weighted by Gasteiger charge is 2.29. The van der Waals surface area contributed by atoms with Crippen molar-refractivity contribution in [2.24, 2.45) is 4.99 Å². The summed E-state index contributed by atoms with van der Waals surface area (Å²) >= 11 is 0. The van der Waals surface area contributed by atoms with E-state index >= 15 is 0 Å². The molecule has 18 heavy (non-hydrogen) atoms. The summed E-state index contributed by atoms with van der Waals surface area (Å²) in [5.74, 6) is -0.168. The Balaban J connectivity index is 2.64. The van der Waals surface area contributed by atoms with Crippen LogP contribution in [0.15, 0.2) is 29.3 Å². The highest BCUT2D eigenvalue weighted by Crippen LogP contribution is 2.28. The Morgan fingerprint density at radius 2 is 1.83 bits per heavy atom. The molecule has 98 valence electrons. The Morgan fingerprint density at radius 1 is 1.28 bits per heavy atom. The minimum absolute atomic E-state index is 0.0198. The monoisotopic (exact) mass is 258 g/mol. The van der Waals surface area contributed by atoms with Gasteiger partial charge in [0.15, 0.2) is 0 Å². The van der Waals surface area contributed by atoms with Gasteiger partial charge in [-0.15, -0.1) is 0 Å². The molecule has 0 unspecified atom stereocenters. The Bertz CT molecular complexity index is 436.